The van der Waals surface area contributed by atoms with Crippen LogP contribution in [0.3, 0.4) is 0 Å². The van der Waals surface area contributed by atoms with Crippen LogP contribution in [0.15, 0.2) is 52.0 Å². The number of hydrogen-bond donors (Lipinski definition) is 2. The average Bonchev–Trinajstić information content (AvgIpc) is 3.05. The maximum atomic E-state index is 11.7. The third-order valence-corrected chi connectivity index (χ3v) is 3.93. The second kappa shape index (κ2) is 8.51. The number of hydrogen-bond acceptors (Lipinski definition) is 4. The molecule has 0 radical (unpaired) electrons. The molecule has 0 saturated carbocycles. The fourth-order valence-corrected chi connectivity index (χ4v) is 2.46. The van der Waals surface area contributed by atoms with E-state index in [1.54, 1.807) is 24.3 Å². The highest BCUT2D eigenvalue weighted by molar-refractivity contribution is 8.00. The molecule has 0 aliphatic heterocycles. The summed E-state index contributed by atoms with van der Waals surface area (Å²) in [5.41, 5.74) is 0. The molecule has 0 aliphatic carbocycles. The maximum absolute atomic E-state index is 11.7. The van der Waals surface area contributed by atoms with Gasteiger partial charge in [0.25, 0.3) is 5.91 Å². The molecule has 1 heterocycles. The number of benzene rings is 1. The van der Waals surface area contributed by atoms with Gasteiger partial charge in [-0.2, -0.15) is 0 Å². The molecular weight excluding hydrogens is 324 g/mol. The lowest BCUT2D eigenvalue weighted by molar-refractivity contribution is -0.118. The Bertz CT molecular complexity index is 614. The van der Waals surface area contributed by atoms with Gasteiger partial charge >= 0.3 is 0 Å². The van der Waals surface area contributed by atoms with Crippen molar-refractivity contribution >= 4 is 35.2 Å². The lowest BCUT2D eigenvalue weighted by atomic mass is 10.4. The fourth-order valence-electron chi connectivity index (χ4n) is 1.60. The van der Waals surface area contributed by atoms with E-state index in [9.17, 15) is 9.59 Å². The second-order valence-electron chi connectivity index (χ2n) is 4.33. The zero-order valence-corrected chi connectivity index (χ0v) is 13.2. The monoisotopic (exact) mass is 338 g/mol. The summed E-state index contributed by atoms with van der Waals surface area (Å²) >= 11 is 7.22. The van der Waals surface area contributed by atoms with E-state index in [1.165, 1.54) is 18.0 Å². The SMILES string of the molecule is O=C(CSc1ccc(Cl)cc1)NCCNC(=O)c1ccco1. The smallest absolute Gasteiger partial charge is 0.287 e. The molecule has 2 N–H and O–H groups in total. The Morgan fingerprint density at radius 1 is 1.09 bits per heavy atom. The van der Waals surface area contributed by atoms with E-state index in [0.29, 0.717) is 23.9 Å². The standard InChI is InChI=1S/C15H15ClN2O3S/c16-11-3-5-12(6-4-11)22-10-14(19)17-7-8-18-15(20)13-2-1-9-21-13/h1-6,9H,7-8,10H2,(H,17,19)(H,18,20). The molecule has 116 valence electrons. The third kappa shape index (κ3) is 5.46. The number of carbonyl (C=O) groups is 2. The second-order valence-corrected chi connectivity index (χ2v) is 5.81. The Kier molecular flexibility index (Phi) is 6.36. The number of nitrogens with one attached hydrogen (secondary N) is 2. The van der Waals surface area contributed by atoms with Crippen LogP contribution in [0.1, 0.15) is 10.6 Å². The van der Waals surface area contributed by atoms with E-state index in [1.807, 2.05) is 12.1 Å². The number of halogens is 1. The molecular formula is C15H15ClN2O3S. The lowest BCUT2D eigenvalue weighted by Gasteiger charge is -2.06. The first-order valence-corrected chi connectivity index (χ1v) is 7.98. The lowest BCUT2D eigenvalue weighted by Crippen LogP contribution is -2.35. The van der Waals surface area contributed by atoms with Crippen LogP contribution >= 0.6 is 23.4 Å². The number of amides is 2. The zero-order chi connectivity index (χ0) is 15.8. The van der Waals surface area contributed by atoms with Crippen molar-refractivity contribution in [3.8, 4) is 0 Å². The first kappa shape index (κ1) is 16.5. The molecule has 0 unspecified atom stereocenters. The predicted molar refractivity (Wildman–Crippen MR) is 86.2 cm³/mol. The molecule has 22 heavy (non-hydrogen) atoms. The first-order valence-electron chi connectivity index (χ1n) is 6.62. The van der Waals surface area contributed by atoms with Crippen molar-refractivity contribution in [1.29, 1.82) is 0 Å². The van der Waals surface area contributed by atoms with E-state index in [0.717, 1.165) is 4.90 Å². The number of rotatable bonds is 7. The zero-order valence-electron chi connectivity index (χ0n) is 11.7. The van der Waals surface area contributed by atoms with Gasteiger partial charge < -0.3 is 15.1 Å². The van der Waals surface area contributed by atoms with Crippen molar-refractivity contribution in [2.45, 2.75) is 4.90 Å². The third-order valence-electron chi connectivity index (χ3n) is 2.66. The predicted octanol–water partition coefficient (Wildman–Crippen LogP) is 2.57. The van der Waals surface area contributed by atoms with Gasteiger partial charge in [-0.05, 0) is 36.4 Å². The van der Waals surface area contributed by atoms with Gasteiger partial charge in [-0.15, -0.1) is 11.8 Å². The molecule has 0 spiro atoms. The fraction of sp³-hybridized carbons (Fsp3) is 0.200. The van der Waals surface area contributed by atoms with Crippen LogP contribution in [0, 0.1) is 0 Å². The van der Waals surface area contributed by atoms with E-state index < -0.39 is 0 Å². The Labute approximate surface area is 137 Å². The van der Waals surface area contributed by atoms with Crippen molar-refractivity contribution < 1.29 is 14.0 Å². The Balaban J connectivity index is 1.59. The highest BCUT2D eigenvalue weighted by Gasteiger charge is 2.07. The summed E-state index contributed by atoms with van der Waals surface area (Å²) in [5, 5.41) is 6.05. The van der Waals surface area contributed by atoms with Crippen LogP contribution in [-0.2, 0) is 4.79 Å². The molecule has 0 atom stereocenters. The molecule has 2 aromatic rings. The maximum Gasteiger partial charge on any atom is 0.287 e. The van der Waals surface area contributed by atoms with Gasteiger partial charge in [0.15, 0.2) is 5.76 Å². The van der Waals surface area contributed by atoms with Crippen molar-refractivity contribution in [2.24, 2.45) is 0 Å². The van der Waals surface area contributed by atoms with Gasteiger partial charge in [-0.3, -0.25) is 9.59 Å². The number of furan rings is 1. The summed E-state index contributed by atoms with van der Waals surface area (Å²) in [6, 6.07) is 10.5. The van der Waals surface area contributed by atoms with E-state index in [2.05, 4.69) is 10.6 Å². The van der Waals surface area contributed by atoms with E-state index >= 15 is 0 Å². The molecule has 0 aliphatic rings. The molecule has 1 aromatic heterocycles. The van der Waals surface area contributed by atoms with Crippen LogP contribution in [0.5, 0.6) is 0 Å². The van der Waals surface area contributed by atoms with Crippen molar-refractivity contribution in [3.05, 3.63) is 53.4 Å². The average molecular weight is 339 g/mol. The Morgan fingerprint density at radius 2 is 1.82 bits per heavy atom. The summed E-state index contributed by atoms with van der Waals surface area (Å²) in [7, 11) is 0. The van der Waals surface area contributed by atoms with Crippen molar-refractivity contribution in [3.63, 3.8) is 0 Å². The summed E-state index contributed by atoms with van der Waals surface area (Å²) in [4.78, 5) is 24.2. The first-order chi connectivity index (χ1) is 10.6. The van der Waals surface area contributed by atoms with Gasteiger partial charge in [-0.1, -0.05) is 11.6 Å². The molecule has 1 aromatic carbocycles. The van der Waals surface area contributed by atoms with E-state index in [4.69, 9.17) is 16.0 Å². The highest BCUT2D eigenvalue weighted by Crippen LogP contribution is 2.19. The minimum absolute atomic E-state index is 0.0906. The number of thioether (sulfide) groups is 1. The summed E-state index contributed by atoms with van der Waals surface area (Å²) in [5.74, 6) is 0.180. The van der Waals surface area contributed by atoms with Gasteiger partial charge in [0.05, 0.1) is 12.0 Å². The largest absolute Gasteiger partial charge is 0.459 e. The number of carbonyl (C=O) groups excluding carboxylic acids is 2. The Morgan fingerprint density at radius 3 is 2.50 bits per heavy atom. The van der Waals surface area contributed by atoms with Gasteiger partial charge in [0, 0.05) is 23.0 Å². The molecule has 0 fully saturated rings. The van der Waals surface area contributed by atoms with Crippen LogP contribution in [-0.4, -0.2) is 30.7 Å². The summed E-state index contributed by atoms with van der Waals surface area (Å²) in [6.07, 6.45) is 1.44. The minimum atomic E-state index is -0.296. The van der Waals surface area contributed by atoms with Gasteiger partial charge in [0.2, 0.25) is 5.91 Å². The van der Waals surface area contributed by atoms with Gasteiger partial charge in [-0.25, -0.2) is 0 Å². The molecule has 0 bridgehead atoms. The van der Waals surface area contributed by atoms with Crippen LogP contribution < -0.4 is 10.6 Å². The van der Waals surface area contributed by atoms with Gasteiger partial charge in [0.1, 0.15) is 0 Å². The normalized spacial score (nSPS) is 10.2. The van der Waals surface area contributed by atoms with E-state index in [-0.39, 0.29) is 17.6 Å². The molecule has 2 rings (SSSR count). The molecule has 2 amide bonds. The van der Waals surface area contributed by atoms with Crippen molar-refractivity contribution in [1.82, 2.24) is 10.6 Å². The molecule has 0 saturated heterocycles. The highest BCUT2D eigenvalue weighted by atomic mass is 35.5. The quantitative estimate of drug-likeness (QED) is 0.601. The van der Waals surface area contributed by atoms with Crippen LogP contribution in [0.25, 0.3) is 0 Å². The van der Waals surface area contributed by atoms with Crippen molar-refractivity contribution in [2.75, 3.05) is 18.8 Å². The summed E-state index contributed by atoms with van der Waals surface area (Å²) in [6.45, 7) is 0.712. The molecule has 5 nitrogen and oxygen atoms in total. The molecule has 7 heteroatoms. The summed E-state index contributed by atoms with van der Waals surface area (Å²) < 4.78 is 4.96. The topological polar surface area (TPSA) is 71.3 Å². The van der Waals surface area contributed by atoms with Crippen LogP contribution in [0.2, 0.25) is 5.02 Å². The Hall–Kier alpha value is -1.92. The van der Waals surface area contributed by atoms with Crippen LogP contribution in [0.4, 0.5) is 0 Å². The minimum Gasteiger partial charge on any atom is -0.459 e.